The number of nitrogen functional groups attached to an aromatic ring is 1. The summed E-state index contributed by atoms with van der Waals surface area (Å²) in [6, 6.07) is -0.510. The van der Waals surface area contributed by atoms with Gasteiger partial charge in [-0.05, 0) is 39.8 Å². The van der Waals surface area contributed by atoms with E-state index < -0.39 is 75.6 Å². The minimum atomic E-state index is -1.81. The number of oxime groups is 1. The zero-order valence-electron chi connectivity index (χ0n) is 30.1. The smallest absolute Gasteiger partial charge is 0.352 e. The second kappa shape index (κ2) is 15.1. The maximum atomic E-state index is 14.0. The molecule has 292 valence electrons. The van der Waals surface area contributed by atoms with Crippen molar-refractivity contribution in [3.63, 3.8) is 0 Å². The number of likely N-dealkylation sites (N-methyl/N-ethyl adjacent to an activating group) is 1. The van der Waals surface area contributed by atoms with Gasteiger partial charge in [0.2, 0.25) is 5.60 Å². The van der Waals surface area contributed by atoms with E-state index >= 15 is 0 Å². The molecule has 3 saturated heterocycles. The highest BCUT2D eigenvalue weighted by molar-refractivity contribution is 7.81. The molecule has 2 unspecified atom stereocenters. The van der Waals surface area contributed by atoms with E-state index in [1.165, 1.54) is 19.2 Å². The summed E-state index contributed by atoms with van der Waals surface area (Å²) in [5, 5.41) is 49.4. The van der Waals surface area contributed by atoms with E-state index in [4.69, 9.17) is 10.6 Å². The van der Waals surface area contributed by atoms with Crippen molar-refractivity contribution < 1.29 is 58.1 Å². The second-order valence-electron chi connectivity index (χ2n) is 14.5. The number of phenols is 2. The fraction of sp³-hybridized carbons (Fsp3) is 0.500. The maximum Gasteiger partial charge on any atom is 0.352 e. The van der Waals surface area contributed by atoms with Gasteiger partial charge >= 0.3 is 11.9 Å². The van der Waals surface area contributed by atoms with Crippen molar-refractivity contribution in [3.05, 3.63) is 45.9 Å². The number of carbonyl (C=O) groups is 5. The lowest BCUT2D eigenvalue weighted by Crippen LogP contribution is -2.70. The van der Waals surface area contributed by atoms with E-state index in [0.717, 1.165) is 41.2 Å². The van der Waals surface area contributed by atoms with E-state index in [1.54, 1.807) is 13.8 Å². The Morgan fingerprint density at radius 3 is 2.31 bits per heavy atom. The quantitative estimate of drug-likeness (QED) is 0.0275. The van der Waals surface area contributed by atoms with Gasteiger partial charge in [-0.3, -0.25) is 19.3 Å². The molecular weight excluding hydrogens is 750 g/mol. The van der Waals surface area contributed by atoms with Gasteiger partial charge in [-0.15, -0.1) is 11.3 Å². The third-order valence-electron chi connectivity index (χ3n) is 10.6. The van der Waals surface area contributed by atoms with Crippen LogP contribution in [0.15, 0.2) is 33.9 Å². The maximum absolute atomic E-state index is 14.0. The Balaban J connectivity index is 1.34. The van der Waals surface area contributed by atoms with Crippen LogP contribution in [0.2, 0.25) is 0 Å². The van der Waals surface area contributed by atoms with E-state index in [1.807, 2.05) is 7.05 Å². The molecule has 0 spiro atoms. The highest BCUT2D eigenvalue weighted by Crippen LogP contribution is 2.43. The van der Waals surface area contributed by atoms with Gasteiger partial charge in [0.15, 0.2) is 28.2 Å². The van der Waals surface area contributed by atoms with Crippen molar-refractivity contribution >= 4 is 64.5 Å². The summed E-state index contributed by atoms with van der Waals surface area (Å²) >= 11 is 5.64. The molecule has 54 heavy (non-hydrogen) atoms. The number of amides is 3. The number of carbonyl (C=O) groups excluding carboxylic acids is 3. The number of nitrogens with one attached hydrogen (secondary N) is 2. The Bertz CT molecular complexity index is 1910. The lowest BCUT2D eigenvalue weighted by Gasteiger charge is -2.49. The molecule has 5 rings (SSSR count). The van der Waals surface area contributed by atoms with Crippen LogP contribution < -0.4 is 16.4 Å². The number of rotatable bonds is 13. The number of carboxylic acids is 2. The molecule has 20 heteroatoms. The zero-order chi connectivity index (χ0) is 40.0. The Hall–Kier alpha value is -4.95. The Morgan fingerprint density at radius 1 is 1.19 bits per heavy atom. The number of quaternary nitrogens is 1. The zero-order valence-corrected chi connectivity index (χ0v) is 31.8. The second-order valence-corrected chi connectivity index (χ2v) is 16.2. The summed E-state index contributed by atoms with van der Waals surface area (Å²) < 4.78 is 14.4. The number of likely N-dealkylation sites (tertiary alicyclic amines) is 1. The highest BCUT2D eigenvalue weighted by Gasteiger charge is 2.54. The number of fused-ring (bicyclic) bond motifs is 2. The molecule has 2 bridgehead atoms. The largest absolute Gasteiger partial charge is 0.504 e. The molecule has 0 radical (unpaired) electrons. The van der Waals surface area contributed by atoms with E-state index in [2.05, 4.69) is 33.4 Å². The van der Waals surface area contributed by atoms with Crippen LogP contribution in [0.1, 0.15) is 69.4 Å². The first-order valence-corrected chi connectivity index (χ1v) is 18.4. The van der Waals surface area contributed by atoms with Crippen LogP contribution in [0.3, 0.4) is 0 Å². The summed E-state index contributed by atoms with van der Waals surface area (Å²) in [5.41, 5.74) is 3.47. The summed E-state index contributed by atoms with van der Waals surface area (Å²) in [4.78, 5) is 74.9. The summed E-state index contributed by atoms with van der Waals surface area (Å²) in [5.74, 6) is -7.77. The molecule has 7 atom stereocenters. The van der Waals surface area contributed by atoms with Gasteiger partial charge in [0.1, 0.15) is 24.0 Å². The number of thiol groups is 1. The van der Waals surface area contributed by atoms with Crippen molar-refractivity contribution in [2.75, 3.05) is 19.3 Å². The number of nitrogens with two attached hydrogens (primary N) is 1. The number of aliphatic carboxylic acids is 2. The number of aromatic hydroxyl groups is 2. The van der Waals surface area contributed by atoms with Crippen LogP contribution >= 0.6 is 24.0 Å². The van der Waals surface area contributed by atoms with Crippen molar-refractivity contribution in [3.8, 4) is 11.5 Å². The van der Waals surface area contributed by atoms with Crippen LogP contribution in [0.5, 0.6) is 11.5 Å². The van der Waals surface area contributed by atoms with E-state index in [9.17, 15) is 48.8 Å². The third kappa shape index (κ3) is 7.67. The lowest BCUT2D eigenvalue weighted by molar-refractivity contribution is -0.944. The van der Waals surface area contributed by atoms with Crippen LogP contribution in [0, 0.1) is 5.82 Å². The van der Waals surface area contributed by atoms with Crippen LogP contribution in [-0.4, -0.2) is 125 Å². The van der Waals surface area contributed by atoms with E-state index in [0.29, 0.717) is 22.9 Å². The number of carboxylic acid groups (broad SMARTS) is 2. The van der Waals surface area contributed by atoms with Crippen LogP contribution in [0.25, 0.3) is 0 Å². The van der Waals surface area contributed by atoms with Crippen molar-refractivity contribution in [1.29, 1.82) is 0 Å². The molecule has 17 nitrogen and oxygen atoms in total. The molecule has 2 aromatic rings. The predicted molar refractivity (Wildman–Crippen MR) is 195 cm³/mol. The number of nitrogens with zero attached hydrogens (tertiary/aromatic N) is 4. The standard InChI is InChI=1S/C34H42FN7O10S2/c1-14-24(39-29(46)25(22-13-54-33(36)38-22)40-52-34(3,4)32(50)51)30(47)41(14)26(31(48)49)20(15(2)53)12-42(5)18-6-7-19(42)11-17(10-18)37-28(45)16-8-21(35)27(44)23(43)9-16/h8-9,13-15,17-19,24H,6-7,10-12H2,1-5H3,(H8-,36,37,38,39,43,44,45,46,48,49,50,51,53)/p+1/b26-20-,40-25-/t14-,15+,17?,18-,19+,24+,42?/m1/s1. The number of anilines is 1. The fourth-order valence-electron chi connectivity index (χ4n) is 7.40. The minimum Gasteiger partial charge on any atom is -0.504 e. The Kier molecular flexibility index (Phi) is 11.2. The summed E-state index contributed by atoms with van der Waals surface area (Å²) in [6.07, 6.45) is 2.62. The molecule has 0 aliphatic carbocycles. The number of hydrogen-bond donors (Lipinski definition) is 8. The molecule has 0 saturated carbocycles. The van der Waals surface area contributed by atoms with Gasteiger partial charge in [0, 0.05) is 53.5 Å². The first kappa shape index (κ1) is 40.2. The Labute approximate surface area is 318 Å². The average Bonchev–Trinajstić information content (AvgIpc) is 3.56. The molecule has 3 fully saturated rings. The molecule has 3 aliphatic heterocycles. The van der Waals surface area contributed by atoms with Gasteiger partial charge in [0.25, 0.3) is 17.7 Å². The van der Waals surface area contributed by atoms with Crippen molar-refractivity contribution in [2.24, 2.45) is 5.16 Å². The van der Waals surface area contributed by atoms with Gasteiger partial charge in [0.05, 0.1) is 25.2 Å². The molecule has 1 aromatic carbocycles. The van der Waals surface area contributed by atoms with Crippen molar-refractivity contribution in [2.45, 2.75) is 94.4 Å². The predicted octanol–water partition coefficient (Wildman–Crippen LogP) is 1.80. The van der Waals surface area contributed by atoms with Gasteiger partial charge < -0.3 is 46.1 Å². The topological polar surface area (TPSA) is 254 Å². The highest BCUT2D eigenvalue weighted by atomic mass is 32.1. The van der Waals surface area contributed by atoms with Gasteiger partial charge in [-0.25, -0.2) is 19.0 Å². The number of β-lactam (4-membered cyclic amide) rings is 1. The molecule has 3 aliphatic rings. The monoisotopic (exact) mass is 792 g/mol. The number of halogens is 1. The van der Waals surface area contributed by atoms with Crippen molar-refractivity contribution in [1.82, 2.24) is 20.5 Å². The number of phenolic OH excluding ortho intramolecular Hbond substituents is 2. The van der Waals surface area contributed by atoms with E-state index in [-0.39, 0.29) is 46.8 Å². The fourth-order valence-corrected chi connectivity index (χ4v) is 8.15. The normalized spacial score (nSPS) is 26.4. The average molecular weight is 793 g/mol. The molecule has 8 N–H and O–H groups in total. The Morgan fingerprint density at radius 2 is 1.81 bits per heavy atom. The first-order chi connectivity index (χ1) is 25.2. The first-order valence-electron chi connectivity index (χ1n) is 17.0. The molecule has 3 amide bonds. The number of thiazole rings is 1. The molecule has 1 aromatic heterocycles. The number of hydrogen-bond acceptors (Lipinski definition) is 13. The summed E-state index contributed by atoms with van der Waals surface area (Å²) in [6.45, 7) is 5.97. The molecular formula is C34H43FN7O10S2+. The SMILES string of the molecule is C[C@H](S)/C(C[N+]1(C)[C@@H]2CC[C@H]1CC(NC(=O)c1cc(O)c(O)c(F)c1)C2)=C(/C(=O)O)N1C(=O)[C@@H](NC(=O)/C(=N\OC(C)(C)C(=O)O)c2csc(N)n2)[C@H]1C. The number of aromatic nitrogens is 1. The van der Waals surface area contributed by atoms with Gasteiger partial charge in [-0.2, -0.15) is 12.6 Å². The van der Waals surface area contributed by atoms with Crippen LogP contribution in [-0.2, 0) is 24.0 Å². The number of benzene rings is 1. The summed E-state index contributed by atoms with van der Waals surface area (Å²) in [7, 11) is 2.01. The third-order valence-corrected chi connectivity index (χ3v) is 11.5. The molecule has 4 heterocycles. The van der Waals surface area contributed by atoms with Gasteiger partial charge in [-0.1, -0.05) is 5.16 Å². The lowest BCUT2D eigenvalue weighted by atomic mass is 9.90. The number of piperidine rings is 1. The minimum absolute atomic E-state index is 0.0153. The van der Waals surface area contributed by atoms with Crippen LogP contribution in [0.4, 0.5) is 9.52 Å².